The van der Waals surface area contributed by atoms with Gasteiger partial charge in [-0.25, -0.2) is 0 Å². The molecular weight excluding hydrogens is 362 g/mol. The molecule has 136 valence electrons. The monoisotopic (exact) mass is 379 g/mol. The zero-order valence-electron chi connectivity index (χ0n) is 14.9. The smallest absolute Gasteiger partial charge is 0.247 e. The molecule has 2 aromatic heterocycles. The third kappa shape index (κ3) is 3.85. The van der Waals surface area contributed by atoms with Crippen molar-refractivity contribution >= 4 is 11.8 Å². The molecule has 0 spiro atoms. The molecule has 8 heteroatoms. The van der Waals surface area contributed by atoms with Crippen molar-refractivity contribution in [2.45, 2.75) is 17.8 Å². The summed E-state index contributed by atoms with van der Waals surface area (Å²) in [5.41, 5.74) is 2.99. The number of benzene rings is 2. The van der Waals surface area contributed by atoms with Crippen molar-refractivity contribution in [2.75, 3.05) is 7.11 Å². The normalized spacial score (nSPS) is 10.9. The number of aromatic nitrogens is 5. The van der Waals surface area contributed by atoms with Gasteiger partial charge < -0.3 is 9.15 Å². The van der Waals surface area contributed by atoms with Crippen molar-refractivity contribution in [3.05, 3.63) is 66.3 Å². The van der Waals surface area contributed by atoms with E-state index in [1.54, 1.807) is 13.4 Å². The van der Waals surface area contributed by atoms with Gasteiger partial charge in [0.25, 0.3) is 0 Å². The fourth-order valence-corrected chi connectivity index (χ4v) is 3.36. The minimum atomic E-state index is 0.501. The molecule has 0 atom stereocenters. The highest BCUT2D eigenvalue weighted by Gasteiger charge is 2.13. The maximum Gasteiger partial charge on any atom is 0.247 e. The van der Waals surface area contributed by atoms with Crippen LogP contribution in [0.4, 0.5) is 0 Å². The molecule has 2 aromatic carbocycles. The van der Waals surface area contributed by atoms with Crippen LogP contribution in [0.15, 0.2) is 64.4 Å². The van der Waals surface area contributed by atoms with Gasteiger partial charge in [0.15, 0.2) is 5.16 Å². The Balaban J connectivity index is 1.50. The molecule has 0 aliphatic carbocycles. The number of ether oxygens (including phenoxy) is 1. The topological polar surface area (TPSA) is 78.9 Å². The third-order valence-electron chi connectivity index (χ3n) is 3.90. The van der Waals surface area contributed by atoms with Crippen LogP contribution in [-0.2, 0) is 5.75 Å². The summed E-state index contributed by atoms with van der Waals surface area (Å²) in [7, 11) is 1.64. The lowest BCUT2D eigenvalue weighted by atomic mass is 10.1. The van der Waals surface area contributed by atoms with Crippen LogP contribution in [0.25, 0.3) is 17.1 Å². The Bertz CT molecular complexity index is 1060. The van der Waals surface area contributed by atoms with E-state index in [-0.39, 0.29) is 0 Å². The Kier molecular flexibility index (Phi) is 4.88. The van der Waals surface area contributed by atoms with Crippen molar-refractivity contribution in [3.63, 3.8) is 0 Å². The average molecular weight is 379 g/mol. The Morgan fingerprint density at radius 3 is 2.81 bits per heavy atom. The zero-order chi connectivity index (χ0) is 18.6. The standard InChI is InChI=1S/C19H17N5O2S/c1-13-5-3-6-14(9-13)18-22-21-17(26-18)11-27-19-23-20-12-24(19)15-7-4-8-16(10-15)25-2/h3-10,12H,11H2,1-2H3. The Hall–Kier alpha value is -3.13. The van der Waals surface area contributed by atoms with E-state index >= 15 is 0 Å². The number of thioether (sulfide) groups is 1. The van der Waals surface area contributed by atoms with Crippen molar-refractivity contribution in [1.29, 1.82) is 0 Å². The highest BCUT2D eigenvalue weighted by atomic mass is 32.2. The van der Waals surface area contributed by atoms with E-state index in [0.29, 0.717) is 17.5 Å². The molecule has 27 heavy (non-hydrogen) atoms. The van der Waals surface area contributed by atoms with E-state index in [2.05, 4.69) is 20.4 Å². The highest BCUT2D eigenvalue weighted by molar-refractivity contribution is 7.98. The van der Waals surface area contributed by atoms with E-state index in [1.807, 2.05) is 60.0 Å². The van der Waals surface area contributed by atoms with Crippen LogP contribution >= 0.6 is 11.8 Å². The SMILES string of the molecule is COc1cccc(-n2cnnc2SCc2nnc(-c3cccc(C)c3)o2)c1. The van der Waals surface area contributed by atoms with Crippen LogP contribution in [0.2, 0.25) is 0 Å². The van der Waals surface area contributed by atoms with Gasteiger partial charge >= 0.3 is 0 Å². The Labute approximate surface area is 160 Å². The number of rotatable bonds is 6. The second-order valence-corrected chi connectivity index (χ2v) is 6.79. The van der Waals surface area contributed by atoms with Gasteiger partial charge in [0.05, 0.1) is 18.6 Å². The average Bonchev–Trinajstić information content (AvgIpc) is 3.36. The van der Waals surface area contributed by atoms with Gasteiger partial charge in [-0.05, 0) is 31.2 Å². The second-order valence-electron chi connectivity index (χ2n) is 5.84. The summed E-state index contributed by atoms with van der Waals surface area (Å²) < 4.78 is 13.0. The first-order chi connectivity index (χ1) is 13.2. The van der Waals surface area contributed by atoms with Crippen LogP contribution in [-0.4, -0.2) is 32.1 Å². The predicted molar refractivity (Wildman–Crippen MR) is 102 cm³/mol. The molecule has 0 radical (unpaired) electrons. The molecular formula is C19H17N5O2S. The van der Waals surface area contributed by atoms with Gasteiger partial charge in [-0.15, -0.1) is 20.4 Å². The lowest BCUT2D eigenvalue weighted by Crippen LogP contribution is -1.96. The number of hydrogen-bond acceptors (Lipinski definition) is 7. The predicted octanol–water partition coefficient (Wildman–Crippen LogP) is 3.93. The van der Waals surface area contributed by atoms with Crippen LogP contribution < -0.4 is 4.74 Å². The summed E-state index contributed by atoms with van der Waals surface area (Å²) in [5.74, 6) is 2.33. The number of hydrogen-bond donors (Lipinski definition) is 0. The maximum atomic E-state index is 5.78. The first-order valence-electron chi connectivity index (χ1n) is 8.29. The highest BCUT2D eigenvalue weighted by Crippen LogP contribution is 2.26. The van der Waals surface area contributed by atoms with Gasteiger partial charge in [-0.3, -0.25) is 4.57 Å². The molecule has 0 saturated carbocycles. The first-order valence-corrected chi connectivity index (χ1v) is 9.28. The van der Waals surface area contributed by atoms with Crippen molar-refractivity contribution in [1.82, 2.24) is 25.0 Å². The summed E-state index contributed by atoms with van der Waals surface area (Å²) in [6.45, 7) is 2.03. The molecule has 0 fully saturated rings. The van der Waals surface area contributed by atoms with Crippen LogP contribution in [0.1, 0.15) is 11.5 Å². The maximum absolute atomic E-state index is 5.78. The molecule has 0 bridgehead atoms. The van der Waals surface area contributed by atoms with Crippen molar-refractivity contribution < 1.29 is 9.15 Å². The van der Waals surface area contributed by atoms with Gasteiger partial charge in [0.2, 0.25) is 11.8 Å². The van der Waals surface area contributed by atoms with Gasteiger partial charge in [0, 0.05) is 11.6 Å². The first kappa shape index (κ1) is 17.3. The van der Waals surface area contributed by atoms with Crippen LogP contribution in [0.3, 0.4) is 0 Å². The number of nitrogens with zero attached hydrogens (tertiary/aromatic N) is 5. The number of aryl methyl sites for hydroxylation is 1. The molecule has 4 rings (SSSR count). The zero-order valence-corrected chi connectivity index (χ0v) is 15.7. The summed E-state index contributed by atoms with van der Waals surface area (Å²) in [6.07, 6.45) is 1.67. The Morgan fingerprint density at radius 1 is 1.07 bits per heavy atom. The van der Waals surface area contributed by atoms with Crippen LogP contribution in [0, 0.1) is 6.92 Å². The van der Waals surface area contributed by atoms with Crippen molar-refractivity contribution in [2.24, 2.45) is 0 Å². The van der Waals surface area contributed by atoms with E-state index in [0.717, 1.165) is 27.7 Å². The molecule has 0 aliphatic heterocycles. The summed E-state index contributed by atoms with van der Waals surface area (Å²) >= 11 is 1.48. The third-order valence-corrected chi connectivity index (χ3v) is 4.83. The minimum Gasteiger partial charge on any atom is -0.497 e. The Morgan fingerprint density at radius 2 is 1.96 bits per heavy atom. The summed E-state index contributed by atoms with van der Waals surface area (Å²) in [5, 5.41) is 17.2. The summed E-state index contributed by atoms with van der Waals surface area (Å²) in [6, 6.07) is 15.7. The molecule has 0 saturated heterocycles. The fraction of sp³-hybridized carbons (Fsp3) is 0.158. The van der Waals surface area contributed by atoms with E-state index in [4.69, 9.17) is 9.15 Å². The van der Waals surface area contributed by atoms with Crippen LogP contribution in [0.5, 0.6) is 5.75 Å². The largest absolute Gasteiger partial charge is 0.497 e. The van der Waals surface area contributed by atoms with E-state index < -0.39 is 0 Å². The lowest BCUT2D eigenvalue weighted by molar-refractivity contribution is 0.414. The minimum absolute atomic E-state index is 0.501. The molecule has 2 heterocycles. The molecule has 7 nitrogen and oxygen atoms in total. The van der Waals surface area contributed by atoms with Gasteiger partial charge in [-0.1, -0.05) is 35.5 Å². The van der Waals surface area contributed by atoms with Gasteiger partial charge in [-0.2, -0.15) is 0 Å². The second kappa shape index (κ2) is 7.63. The van der Waals surface area contributed by atoms with Gasteiger partial charge in [0.1, 0.15) is 12.1 Å². The molecule has 0 aliphatic rings. The molecule has 4 aromatic rings. The van der Waals surface area contributed by atoms with E-state index in [9.17, 15) is 0 Å². The molecule has 0 amide bonds. The molecule has 0 unspecified atom stereocenters. The number of methoxy groups -OCH3 is 1. The summed E-state index contributed by atoms with van der Waals surface area (Å²) in [4.78, 5) is 0. The lowest BCUT2D eigenvalue weighted by Gasteiger charge is -2.07. The quantitative estimate of drug-likeness (QED) is 0.470. The van der Waals surface area contributed by atoms with E-state index in [1.165, 1.54) is 11.8 Å². The molecule has 0 N–H and O–H groups in total. The fourth-order valence-electron chi connectivity index (χ4n) is 2.59. The van der Waals surface area contributed by atoms with Crippen molar-refractivity contribution in [3.8, 4) is 22.9 Å².